The maximum atomic E-state index is 13.6. The largest absolute Gasteiger partial charge is 0.354 e. The number of anilines is 1. The second kappa shape index (κ2) is 5.95. The fourth-order valence-electron chi connectivity index (χ4n) is 1.66. The number of halogens is 4. The molecule has 0 fully saturated rings. The molecule has 19 heavy (non-hydrogen) atoms. The van der Waals surface area contributed by atoms with Crippen molar-refractivity contribution < 1.29 is 4.39 Å². The molecule has 0 unspecified atom stereocenters. The Labute approximate surface area is 125 Å². The van der Waals surface area contributed by atoms with Crippen molar-refractivity contribution in [1.82, 2.24) is 4.98 Å². The van der Waals surface area contributed by atoms with Crippen LogP contribution < -0.4 is 4.90 Å². The van der Waals surface area contributed by atoms with Crippen LogP contribution in [0.5, 0.6) is 0 Å². The molecule has 2 aromatic rings. The van der Waals surface area contributed by atoms with E-state index in [1.807, 2.05) is 0 Å². The molecule has 6 heteroatoms. The average molecular weight is 320 g/mol. The minimum absolute atomic E-state index is 0.168. The van der Waals surface area contributed by atoms with Crippen molar-refractivity contribution >= 4 is 40.6 Å². The standard InChI is InChI=1S/C13H10Cl3FN2/c1-19(7-8-4-2-3-5-11(8)17)13-10(15)6-9(14)12(16)18-13/h2-6H,7H2,1H3. The first kappa shape index (κ1) is 14.4. The molecule has 1 aromatic heterocycles. The Morgan fingerprint density at radius 3 is 2.53 bits per heavy atom. The minimum atomic E-state index is -0.273. The monoisotopic (exact) mass is 318 g/mol. The Morgan fingerprint density at radius 1 is 1.16 bits per heavy atom. The lowest BCUT2D eigenvalue weighted by Crippen LogP contribution is -2.19. The van der Waals surface area contributed by atoms with E-state index in [-0.39, 0.29) is 16.0 Å². The number of pyridine rings is 1. The maximum Gasteiger partial charge on any atom is 0.150 e. The summed E-state index contributed by atoms with van der Waals surface area (Å²) in [7, 11) is 1.75. The Morgan fingerprint density at radius 2 is 1.84 bits per heavy atom. The molecule has 0 aliphatic heterocycles. The molecule has 0 spiro atoms. The van der Waals surface area contributed by atoms with E-state index in [0.717, 1.165) is 0 Å². The Kier molecular flexibility index (Phi) is 4.50. The van der Waals surface area contributed by atoms with Gasteiger partial charge in [0, 0.05) is 19.2 Å². The van der Waals surface area contributed by atoms with Gasteiger partial charge < -0.3 is 4.90 Å². The van der Waals surface area contributed by atoms with Gasteiger partial charge in [-0.15, -0.1) is 0 Å². The lowest BCUT2D eigenvalue weighted by atomic mass is 10.2. The molecule has 0 N–H and O–H groups in total. The number of aromatic nitrogens is 1. The van der Waals surface area contributed by atoms with Gasteiger partial charge in [-0.25, -0.2) is 9.37 Å². The van der Waals surface area contributed by atoms with Crippen LogP contribution in [0, 0.1) is 5.82 Å². The number of hydrogen-bond acceptors (Lipinski definition) is 2. The third-order valence-corrected chi connectivity index (χ3v) is 3.55. The van der Waals surface area contributed by atoms with E-state index in [2.05, 4.69) is 4.98 Å². The van der Waals surface area contributed by atoms with E-state index in [1.165, 1.54) is 12.1 Å². The summed E-state index contributed by atoms with van der Waals surface area (Å²) in [6.07, 6.45) is 0. The predicted octanol–water partition coefficient (Wildman–Crippen LogP) is 4.82. The van der Waals surface area contributed by atoms with Crippen LogP contribution in [-0.4, -0.2) is 12.0 Å². The maximum absolute atomic E-state index is 13.6. The summed E-state index contributed by atoms with van der Waals surface area (Å²) in [5.41, 5.74) is 0.550. The van der Waals surface area contributed by atoms with Crippen molar-refractivity contribution in [2.75, 3.05) is 11.9 Å². The average Bonchev–Trinajstić information content (AvgIpc) is 2.36. The van der Waals surface area contributed by atoms with Gasteiger partial charge in [-0.05, 0) is 12.1 Å². The molecule has 2 rings (SSSR count). The van der Waals surface area contributed by atoms with E-state index in [4.69, 9.17) is 34.8 Å². The SMILES string of the molecule is CN(Cc1ccccc1F)c1nc(Cl)c(Cl)cc1Cl. The molecule has 2 nitrogen and oxygen atoms in total. The predicted molar refractivity (Wildman–Crippen MR) is 77.8 cm³/mol. The van der Waals surface area contributed by atoms with Crippen molar-refractivity contribution in [3.8, 4) is 0 Å². The molecule has 1 aromatic carbocycles. The lowest BCUT2D eigenvalue weighted by Gasteiger charge is -2.20. The van der Waals surface area contributed by atoms with Crippen molar-refractivity contribution in [3.63, 3.8) is 0 Å². The van der Waals surface area contributed by atoms with E-state index in [0.29, 0.717) is 22.9 Å². The van der Waals surface area contributed by atoms with Gasteiger partial charge in [0.15, 0.2) is 0 Å². The highest BCUT2D eigenvalue weighted by atomic mass is 35.5. The molecule has 0 saturated carbocycles. The molecule has 0 bridgehead atoms. The Balaban J connectivity index is 2.28. The lowest BCUT2D eigenvalue weighted by molar-refractivity contribution is 0.607. The summed E-state index contributed by atoms with van der Waals surface area (Å²) >= 11 is 17.7. The molecule has 0 amide bonds. The summed E-state index contributed by atoms with van der Waals surface area (Å²) in [4.78, 5) is 5.81. The van der Waals surface area contributed by atoms with Crippen molar-refractivity contribution in [2.24, 2.45) is 0 Å². The zero-order chi connectivity index (χ0) is 14.0. The van der Waals surface area contributed by atoms with Gasteiger partial charge in [-0.3, -0.25) is 0 Å². The van der Waals surface area contributed by atoms with E-state index >= 15 is 0 Å². The van der Waals surface area contributed by atoms with Gasteiger partial charge in [0.1, 0.15) is 16.8 Å². The zero-order valence-corrected chi connectivity index (χ0v) is 12.3. The van der Waals surface area contributed by atoms with E-state index < -0.39 is 0 Å². The van der Waals surface area contributed by atoms with Crippen LogP contribution in [0.3, 0.4) is 0 Å². The minimum Gasteiger partial charge on any atom is -0.354 e. The van der Waals surface area contributed by atoms with Gasteiger partial charge in [0.05, 0.1) is 10.0 Å². The normalized spacial score (nSPS) is 10.6. The van der Waals surface area contributed by atoms with Crippen LogP contribution in [0.15, 0.2) is 30.3 Å². The van der Waals surface area contributed by atoms with Crippen LogP contribution in [0.4, 0.5) is 10.2 Å². The van der Waals surface area contributed by atoms with Crippen LogP contribution >= 0.6 is 34.8 Å². The first-order valence-electron chi connectivity index (χ1n) is 5.45. The van der Waals surface area contributed by atoms with Crippen LogP contribution in [0.25, 0.3) is 0 Å². The highest BCUT2D eigenvalue weighted by Gasteiger charge is 2.13. The fraction of sp³-hybridized carbons (Fsp3) is 0.154. The summed E-state index contributed by atoms with van der Waals surface area (Å²) in [5, 5.41) is 0.824. The second-order valence-corrected chi connectivity index (χ2v) is 5.19. The number of hydrogen-bond donors (Lipinski definition) is 0. The van der Waals surface area contributed by atoms with E-state index in [1.54, 1.807) is 30.1 Å². The first-order valence-corrected chi connectivity index (χ1v) is 6.58. The van der Waals surface area contributed by atoms with E-state index in [9.17, 15) is 4.39 Å². The van der Waals surface area contributed by atoms with Crippen LogP contribution in [-0.2, 0) is 6.54 Å². The highest BCUT2D eigenvalue weighted by Crippen LogP contribution is 2.31. The number of rotatable bonds is 3. The summed E-state index contributed by atoms with van der Waals surface area (Å²) < 4.78 is 13.6. The highest BCUT2D eigenvalue weighted by molar-refractivity contribution is 6.42. The molecule has 0 atom stereocenters. The van der Waals surface area contributed by atoms with Crippen molar-refractivity contribution in [3.05, 3.63) is 56.9 Å². The zero-order valence-electron chi connectivity index (χ0n) is 10.0. The molecular weight excluding hydrogens is 310 g/mol. The van der Waals surface area contributed by atoms with Gasteiger partial charge in [-0.1, -0.05) is 53.0 Å². The van der Waals surface area contributed by atoms with Crippen molar-refractivity contribution in [1.29, 1.82) is 0 Å². The third-order valence-electron chi connectivity index (χ3n) is 2.60. The van der Waals surface area contributed by atoms with Crippen molar-refractivity contribution in [2.45, 2.75) is 6.54 Å². The second-order valence-electron chi connectivity index (χ2n) is 4.01. The fourth-order valence-corrected chi connectivity index (χ4v) is 2.30. The van der Waals surface area contributed by atoms with Gasteiger partial charge in [-0.2, -0.15) is 0 Å². The molecule has 0 aliphatic carbocycles. The Bertz CT molecular complexity index is 604. The molecule has 100 valence electrons. The summed E-state index contributed by atoms with van der Waals surface area (Å²) in [5.74, 6) is 0.185. The topological polar surface area (TPSA) is 16.1 Å². The third kappa shape index (κ3) is 3.30. The smallest absolute Gasteiger partial charge is 0.150 e. The van der Waals surface area contributed by atoms with Gasteiger partial charge in [0.2, 0.25) is 0 Å². The molecule has 1 heterocycles. The molecule has 0 saturated heterocycles. The number of benzene rings is 1. The quantitative estimate of drug-likeness (QED) is 0.754. The van der Waals surface area contributed by atoms with Crippen LogP contribution in [0.1, 0.15) is 5.56 Å². The summed E-state index contributed by atoms with van der Waals surface area (Å²) in [6, 6.07) is 8.05. The molecular formula is C13H10Cl3FN2. The molecule has 0 aliphatic rings. The van der Waals surface area contributed by atoms with Gasteiger partial charge in [0.25, 0.3) is 0 Å². The van der Waals surface area contributed by atoms with Gasteiger partial charge >= 0.3 is 0 Å². The van der Waals surface area contributed by atoms with Crippen LogP contribution in [0.2, 0.25) is 15.2 Å². The number of nitrogens with zero attached hydrogens (tertiary/aromatic N) is 2. The first-order chi connectivity index (χ1) is 8.99. The summed E-state index contributed by atoms with van der Waals surface area (Å²) in [6.45, 7) is 0.331. The molecule has 0 radical (unpaired) electrons. The Hall–Kier alpha value is -1.03.